The summed E-state index contributed by atoms with van der Waals surface area (Å²) in [6.07, 6.45) is 3.88. The number of piperidine rings is 1. The van der Waals surface area contributed by atoms with E-state index >= 15 is 0 Å². The van der Waals surface area contributed by atoms with Crippen LogP contribution in [0, 0.1) is 18.3 Å². The van der Waals surface area contributed by atoms with Gasteiger partial charge in [-0.3, -0.25) is 4.79 Å². The summed E-state index contributed by atoms with van der Waals surface area (Å²) in [5.41, 5.74) is 4.03. The van der Waals surface area contributed by atoms with Crippen molar-refractivity contribution in [3.63, 3.8) is 0 Å². The maximum Gasteiger partial charge on any atom is 0.321 e. The van der Waals surface area contributed by atoms with E-state index in [0.717, 1.165) is 37.9 Å². The van der Waals surface area contributed by atoms with Gasteiger partial charge in [0.1, 0.15) is 0 Å². The quantitative estimate of drug-likeness (QED) is 0.710. The molecule has 2 aliphatic rings. The highest BCUT2D eigenvalue weighted by molar-refractivity contribution is 5.97. The van der Waals surface area contributed by atoms with E-state index in [0.29, 0.717) is 42.4 Å². The average Bonchev–Trinajstić information content (AvgIpc) is 3.38. The molecule has 2 fully saturated rings. The largest absolute Gasteiger partial charge is 0.376 e. The van der Waals surface area contributed by atoms with Crippen molar-refractivity contribution in [2.45, 2.75) is 44.6 Å². The normalized spacial score (nSPS) is 18.4. The molecule has 0 radical (unpaired) electrons. The number of urea groups is 1. The molecule has 2 heterocycles. The smallest absolute Gasteiger partial charge is 0.321 e. The van der Waals surface area contributed by atoms with Gasteiger partial charge in [-0.1, -0.05) is 18.2 Å². The number of aryl methyl sites for hydroxylation is 1. The van der Waals surface area contributed by atoms with Gasteiger partial charge < -0.3 is 19.9 Å². The number of carbonyl (C=O) groups excluding carboxylic acids is 2. The summed E-state index contributed by atoms with van der Waals surface area (Å²) in [7, 11) is 1.76. The van der Waals surface area contributed by atoms with E-state index in [1.165, 1.54) is 5.56 Å². The summed E-state index contributed by atoms with van der Waals surface area (Å²) in [4.78, 5) is 29.4. The highest BCUT2D eigenvalue weighted by Crippen LogP contribution is 2.29. The maximum atomic E-state index is 13.2. The number of nitrogens with one attached hydrogen (secondary N) is 1. The first kappa shape index (κ1) is 23.8. The summed E-state index contributed by atoms with van der Waals surface area (Å²) in [6.45, 7) is 4.60. The van der Waals surface area contributed by atoms with Crippen LogP contribution in [0.3, 0.4) is 0 Å². The molecule has 2 aromatic carbocycles. The van der Waals surface area contributed by atoms with Gasteiger partial charge in [0.2, 0.25) is 0 Å². The van der Waals surface area contributed by atoms with Gasteiger partial charge in [-0.25, -0.2) is 4.79 Å². The molecule has 0 aliphatic carbocycles. The van der Waals surface area contributed by atoms with E-state index in [1.807, 2.05) is 48.2 Å². The molecule has 2 saturated heterocycles. The van der Waals surface area contributed by atoms with Gasteiger partial charge in [0.25, 0.3) is 5.91 Å². The van der Waals surface area contributed by atoms with Gasteiger partial charge in [0.15, 0.2) is 0 Å². The Morgan fingerprint density at radius 3 is 2.53 bits per heavy atom. The van der Waals surface area contributed by atoms with Gasteiger partial charge in [-0.15, -0.1) is 0 Å². The van der Waals surface area contributed by atoms with Crippen LogP contribution in [0.2, 0.25) is 0 Å². The van der Waals surface area contributed by atoms with Crippen molar-refractivity contribution in [1.29, 1.82) is 5.26 Å². The van der Waals surface area contributed by atoms with Crippen molar-refractivity contribution in [3.8, 4) is 6.07 Å². The minimum atomic E-state index is -0.202. The molecule has 34 heavy (non-hydrogen) atoms. The highest BCUT2D eigenvalue weighted by Gasteiger charge is 2.25. The second-order valence-electron chi connectivity index (χ2n) is 9.28. The minimum Gasteiger partial charge on any atom is -0.376 e. The Morgan fingerprint density at radius 1 is 1.15 bits per heavy atom. The molecule has 0 saturated carbocycles. The van der Waals surface area contributed by atoms with Crippen LogP contribution in [0.25, 0.3) is 0 Å². The monoisotopic (exact) mass is 460 g/mol. The molecule has 0 spiro atoms. The van der Waals surface area contributed by atoms with E-state index in [1.54, 1.807) is 18.0 Å². The number of ether oxygens (including phenoxy) is 1. The van der Waals surface area contributed by atoms with Crippen molar-refractivity contribution in [2.24, 2.45) is 0 Å². The third-order valence-corrected chi connectivity index (χ3v) is 6.87. The third-order valence-electron chi connectivity index (χ3n) is 6.87. The number of hydrogen-bond acceptors (Lipinski definition) is 4. The molecule has 1 N–H and O–H groups in total. The van der Waals surface area contributed by atoms with Crippen molar-refractivity contribution in [1.82, 2.24) is 9.80 Å². The van der Waals surface area contributed by atoms with E-state index in [4.69, 9.17) is 10.00 Å². The Balaban J connectivity index is 1.35. The fraction of sp³-hybridized carbons (Fsp3) is 0.444. The number of nitriles is 1. The molecule has 2 aromatic rings. The first-order valence-corrected chi connectivity index (χ1v) is 12.0. The Labute approximate surface area is 201 Å². The third kappa shape index (κ3) is 5.57. The zero-order valence-corrected chi connectivity index (χ0v) is 19.9. The van der Waals surface area contributed by atoms with Crippen molar-refractivity contribution < 1.29 is 14.3 Å². The summed E-state index contributed by atoms with van der Waals surface area (Å²) in [5, 5.41) is 11.9. The van der Waals surface area contributed by atoms with Crippen molar-refractivity contribution in [2.75, 3.05) is 38.6 Å². The highest BCUT2D eigenvalue weighted by atomic mass is 16.5. The van der Waals surface area contributed by atoms with Crippen LogP contribution in [0.1, 0.15) is 58.6 Å². The molecule has 7 heteroatoms. The standard InChI is InChI=1S/C27H32N4O3/c1-19-5-8-23(16-25(19)29-27(33)30(2)18-24-4-3-15-34-24)26(32)31-13-11-22(12-14-31)21-9-6-20(17-28)7-10-21/h5-10,16,22,24H,3-4,11-15,18H2,1-2H3,(H,29,33). The number of likely N-dealkylation sites (N-methyl/N-ethyl adjacent to an activating group) is 1. The van der Waals surface area contributed by atoms with Gasteiger partial charge in [0.05, 0.1) is 17.7 Å². The lowest BCUT2D eigenvalue weighted by Crippen LogP contribution is -2.38. The topological polar surface area (TPSA) is 85.7 Å². The number of hydrogen-bond donors (Lipinski definition) is 1. The van der Waals surface area contributed by atoms with Gasteiger partial charge >= 0.3 is 6.03 Å². The summed E-state index contributed by atoms with van der Waals surface area (Å²) >= 11 is 0. The Hall–Kier alpha value is -3.37. The molecule has 0 aromatic heterocycles. The fourth-order valence-electron chi connectivity index (χ4n) is 4.71. The lowest BCUT2D eigenvalue weighted by Gasteiger charge is -2.32. The first-order chi connectivity index (χ1) is 16.4. The van der Waals surface area contributed by atoms with E-state index < -0.39 is 0 Å². The van der Waals surface area contributed by atoms with Crippen LogP contribution in [-0.4, -0.2) is 61.1 Å². The first-order valence-electron chi connectivity index (χ1n) is 12.0. The predicted molar refractivity (Wildman–Crippen MR) is 131 cm³/mol. The number of carbonyl (C=O) groups is 2. The Morgan fingerprint density at radius 2 is 1.88 bits per heavy atom. The number of likely N-dealkylation sites (tertiary alicyclic amines) is 1. The van der Waals surface area contributed by atoms with Gasteiger partial charge in [0, 0.05) is 44.5 Å². The predicted octanol–water partition coefficient (Wildman–Crippen LogP) is 4.53. The van der Waals surface area contributed by atoms with Crippen LogP contribution in [0.4, 0.5) is 10.5 Å². The lowest BCUT2D eigenvalue weighted by atomic mass is 9.89. The molecule has 178 valence electrons. The Kier molecular flexibility index (Phi) is 7.49. The average molecular weight is 461 g/mol. The number of amides is 3. The molecule has 2 aliphatic heterocycles. The van der Waals surface area contributed by atoms with Gasteiger partial charge in [-0.2, -0.15) is 5.26 Å². The summed E-state index contributed by atoms with van der Waals surface area (Å²) < 4.78 is 5.63. The fourth-order valence-corrected chi connectivity index (χ4v) is 4.71. The summed E-state index contributed by atoms with van der Waals surface area (Å²) in [5.74, 6) is 0.380. The Bertz CT molecular complexity index is 1060. The molecule has 4 rings (SSSR count). The van der Waals surface area contributed by atoms with Crippen molar-refractivity contribution >= 4 is 17.6 Å². The van der Waals surface area contributed by atoms with E-state index in [9.17, 15) is 9.59 Å². The molecule has 7 nitrogen and oxygen atoms in total. The van der Waals surface area contributed by atoms with E-state index in [-0.39, 0.29) is 18.0 Å². The number of rotatable bonds is 5. The van der Waals surface area contributed by atoms with Crippen LogP contribution in [0.5, 0.6) is 0 Å². The number of benzene rings is 2. The lowest BCUT2D eigenvalue weighted by molar-refractivity contribution is 0.0713. The zero-order chi connectivity index (χ0) is 24.1. The molecule has 0 bridgehead atoms. The van der Waals surface area contributed by atoms with Crippen LogP contribution < -0.4 is 5.32 Å². The van der Waals surface area contributed by atoms with Gasteiger partial charge in [-0.05, 0) is 73.9 Å². The summed E-state index contributed by atoms with van der Waals surface area (Å²) in [6, 6.07) is 15.2. The molecule has 1 atom stereocenters. The second kappa shape index (κ2) is 10.7. The van der Waals surface area contributed by atoms with E-state index in [2.05, 4.69) is 11.4 Å². The molecule has 1 unspecified atom stereocenters. The molecular formula is C27H32N4O3. The minimum absolute atomic E-state index is 0.0125. The molecular weight excluding hydrogens is 428 g/mol. The number of anilines is 1. The SMILES string of the molecule is Cc1ccc(C(=O)N2CCC(c3ccc(C#N)cc3)CC2)cc1NC(=O)N(C)CC1CCCO1. The maximum absolute atomic E-state index is 13.2. The second-order valence-corrected chi connectivity index (χ2v) is 9.28. The van der Waals surface area contributed by atoms with Crippen LogP contribution in [-0.2, 0) is 4.74 Å². The van der Waals surface area contributed by atoms with Crippen molar-refractivity contribution in [3.05, 3.63) is 64.7 Å². The number of nitrogens with zero attached hydrogens (tertiary/aromatic N) is 3. The van der Waals surface area contributed by atoms with Crippen LogP contribution >= 0.6 is 0 Å². The zero-order valence-electron chi connectivity index (χ0n) is 19.9. The van der Waals surface area contributed by atoms with Crippen LogP contribution in [0.15, 0.2) is 42.5 Å². The molecule has 3 amide bonds.